The second-order valence-corrected chi connectivity index (χ2v) is 6.86. The van der Waals surface area contributed by atoms with Crippen molar-refractivity contribution in [3.8, 4) is 11.8 Å². The summed E-state index contributed by atoms with van der Waals surface area (Å²) in [6.45, 7) is 0.189. The molecular weight excluding hydrogens is 426 g/mol. The summed E-state index contributed by atoms with van der Waals surface area (Å²) >= 11 is 0. The van der Waals surface area contributed by atoms with Crippen molar-refractivity contribution in [3.63, 3.8) is 0 Å². The first-order chi connectivity index (χ1) is 15.3. The number of pyridine rings is 2. The maximum Gasteiger partial charge on any atom is 0.416 e. The monoisotopic (exact) mass is 441 g/mol. The van der Waals surface area contributed by atoms with Gasteiger partial charge in [0.05, 0.1) is 29.6 Å². The molecule has 0 spiro atoms. The summed E-state index contributed by atoms with van der Waals surface area (Å²) in [5.41, 5.74) is 1.32. The first-order valence-corrected chi connectivity index (χ1v) is 9.42. The number of hydrogen-bond donors (Lipinski definition) is 2. The van der Waals surface area contributed by atoms with Crippen LogP contribution in [0, 0.1) is 17.1 Å². The third kappa shape index (κ3) is 4.78. The molecule has 4 rings (SSSR count). The number of ether oxygens (including phenoxy) is 1. The SMILES string of the molecule is N#Cc1cc(OCCc2ccc(C(F)(F)F)cc2)cc(Nc2cnc3c(F)c[nH]c3c2)n1. The van der Waals surface area contributed by atoms with Crippen LogP contribution in [-0.4, -0.2) is 21.6 Å². The third-order valence-corrected chi connectivity index (χ3v) is 4.59. The minimum Gasteiger partial charge on any atom is -0.493 e. The number of halogens is 4. The molecule has 0 aliphatic heterocycles. The normalized spacial score (nSPS) is 11.3. The molecule has 3 aromatic heterocycles. The van der Waals surface area contributed by atoms with Crippen LogP contribution in [0.4, 0.5) is 29.1 Å². The van der Waals surface area contributed by atoms with Gasteiger partial charge in [0.15, 0.2) is 5.82 Å². The van der Waals surface area contributed by atoms with Crippen LogP contribution in [0.25, 0.3) is 11.0 Å². The van der Waals surface area contributed by atoms with Gasteiger partial charge in [0.2, 0.25) is 0 Å². The van der Waals surface area contributed by atoms with Crippen molar-refractivity contribution in [1.82, 2.24) is 15.0 Å². The average molecular weight is 441 g/mol. The van der Waals surface area contributed by atoms with Gasteiger partial charge in [-0.1, -0.05) is 12.1 Å². The number of aromatic nitrogens is 3. The summed E-state index contributed by atoms with van der Waals surface area (Å²) in [5, 5.41) is 12.2. The fraction of sp³-hybridized carbons (Fsp3) is 0.136. The number of nitrogens with zero attached hydrogens (tertiary/aromatic N) is 3. The van der Waals surface area contributed by atoms with Gasteiger partial charge in [-0.3, -0.25) is 0 Å². The van der Waals surface area contributed by atoms with Crippen LogP contribution in [0.1, 0.15) is 16.8 Å². The van der Waals surface area contributed by atoms with E-state index in [0.717, 1.165) is 12.1 Å². The van der Waals surface area contributed by atoms with Crippen LogP contribution >= 0.6 is 0 Å². The summed E-state index contributed by atoms with van der Waals surface area (Å²) in [6.07, 6.45) is -1.36. The van der Waals surface area contributed by atoms with Crippen LogP contribution in [0.2, 0.25) is 0 Å². The first kappa shape index (κ1) is 21.1. The lowest BCUT2D eigenvalue weighted by molar-refractivity contribution is -0.137. The lowest BCUT2D eigenvalue weighted by Gasteiger charge is -2.11. The number of anilines is 2. The van der Waals surface area contributed by atoms with E-state index in [0.29, 0.717) is 34.8 Å². The van der Waals surface area contributed by atoms with Crippen LogP contribution < -0.4 is 10.1 Å². The van der Waals surface area contributed by atoms with Crippen molar-refractivity contribution < 1.29 is 22.3 Å². The van der Waals surface area contributed by atoms with Gasteiger partial charge < -0.3 is 15.0 Å². The molecule has 0 aliphatic carbocycles. The molecule has 0 bridgehead atoms. The van der Waals surface area contributed by atoms with Crippen molar-refractivity contribution >= 4 is 22.5 Å². The summed E-state index contributed by atoms with van der Waals surface area (Å²) < 4.78 is 57.2. The van der Waals surface area contributed by atoms with Gasteiger partial charge in [-0.05, 0) is 23.8 Å². The predicted molar refractivity (Wildman–Crippen MR) is 109 cm³/mol. The number of aromatic amines is 1. The second kappa shape index (κ2) is 8.55. The Morgan fingerprint density at radius 1 is 1.12 bits per heavy atom. The Morgan fingerprint density at radius 3 is 2.62 bits per heavy atom. The summed E-state index contributed by atoms with van der Waals surface area (Å²) in [6, 6.07) is 11.5. The zero-order chi connectivity index (χ0) is 22.7. The molecule has 32 heavy (non-hydrogen) atoms. The van der Waals surface area contributed by atoms with Gasteiger partial charge >= 0.3 is 6.18 Å². The maximum atomic E-state index is 13.5. The Kier molecular flexibility index (Phi) is 5.64. The van der Waals surface area contributed by atoms with Crippen molar-refractivity contribution in [3.05, 3.63) is 77.5 Å². The molecule has 0 unspecified atom stereocenters. The number of benzene rings is 1. The minimum absolute atomic E-state index is 0.111. The van der Waals surface area contributed by atoms with Crippen molar-refractivity contribution in [1.29, 1.82) is 5.26 Å². The highest BCUT2D eigenvalue weighted by molar-refractivity contribution is 5.79. The van der Waals surface area contributed by atoms with Crippen molar-refractivity contribution in [2.24, 2.45) is 0 Å². The van der Waals surface area contributed by atoms with E-state index in [1.54, 1.807) is 12.1 Å². The molecule has 2 N–H and O–H groups in total. The number of alkyl halides is 3. The predicted octanol–water partition coefficient (Wildman–Crippen LogP) is 5.35. The van der Waals surface area contributed by atoms with Gasteiger partial charge in [0.1, 0.15) is 28.8 Å². The van der Waals surface area contributed by atoms with Crippen LogP contribution in [0.15, 0.2) is 54.9 Å². The molecule has 3 heterocycles. The average Bonchev–Trinajstić information content (AvgIpc) is 3.13. The Hall–Kier alpha value is -4.13. The van der Waals surface area contributed by atoms with Gasteiger partial charge in [0, 0.05) is 24.8 Å². The summed E-state index contributed by atoms with van der Waals surface area (Å²) in [5.74, 6) is 0.229. The van der Waals surface area contributed by atoms with Crippen LogP contribution in [0.3, 0.4) is 0 Å². The summed E-state index contributed by atoms with van der Waals surface area (Å²) in [4.78, 5) is 11.0. The number of nitriles is 1. The molecule has 162 valence electrons. The Bertz CT molecular complexity index is 1290. The van der Waals surface area contributed by atoms with E-state index in [1.165, 1.54) is 30.6 Å². The Labute approximate surface area is 179 Å². The number of rotatable bonds is 6. The van der Waals surface area contributed by atoms with E-state index in [2.05, 4.69) is 20.3 Å². The molecule has 0 saturated carbocycles. The van der Waals surface area contributed by atoms with E-state index in [4.69, 9.17) is 4.74 Å². The van der Waals surface area contributed by atoms with Crippen LogP contribution in [-0.2, 0) is 12.6 Å². The quantitative estimate of drug-likeness (QED) is 0.394. The zero-order valence-corrected chi connectivity index (χ0v) is 16.4. The molecule has 10 heteroatoms. The van der Waals surface area contributed by atoms with E-state index in [9.17, 15) is 22.8 Å². The molecule has 0 fully saturated rings. The molecule has 6 nitrogen and oxygen atoms in total. The molecule has 4 aromatic rings. The lowest BCUT2D eigenvalue weighted by atomic mass is 10.1. The zero-order valence-electron chi connectivity index (χ0n) is 16.4. The number of fused-ring (bicyclic) bond motifs is 1. The number of H-pyrrole nitrogens is 1. The Balaban J connectivity index is 1.44. The molecule has 0 amide bonds. The highest BCUT2D eigenvalue weighted by Crippen LogP contribution is 2.29. The summed E-state index contributed by atoms with van der Waals surface area (Å²) in [7, 11) is 0. The van der Waals surface area contributed by atoms with E-state index < -0.39 is 17.6 Å². The van der Waals surface area contributed by atoms with Gasteiger partial charge in [-0.25, -0.2) is 14.4 Å². The van der Waals surface area contributed by atoms with Crippen molar-refractivity contribution in [2.45, 2.75) is 12.6 Å². The van der Waals surface area contributed by atoms with Gasteiger partial charge in [-0.2, -0.15) is 18.4 Å². The van der Waals surface area contributed by atoms with Crippen LogP contribution in [0.5, 0.6) is 5.75 Å². The molecule has 1 aromatic carbocycles. The molecule has 0 aliphatic rings. The largest absolute Gasteiger partial charge is 0.493 e. The minimum atomic E-state index is -4.38. The maximum absolute atomic E-state index is 13.5. The fourth-order valence-corrected chi connectivity index (χ4v) is 3.05. The smallest absolute Gasteiger partial charge is 0.416 e. The molecule has 0 atom stereocenters. The van der Waals surface area contributed by atoms with Gasteiger partial charge in [0.25, 0.3) is 0 Å². The molecule has 0 saturated heterocycles. The highest BCUT2D eigenvalue weighted by Gasteiger charge is 2.29. The highest BCUT2D eigenvalue weighted by atomic mass is 19.4. The van der Waals surface area contributed by atoms with E-state index in [1.807, 2.05) is 6.07 Å². The molecular formula is C22H15F4N5O. The van der Waals surface area contributed by atoms with Crippen molar-refractivity contribution in [2.75, 3.05) is 11.9 Å². The Morgan fingerprint density at radius 2 is 1.91 bits per heavy atom. The third-order valence-electron chi connectivity index (χ3n) is 4.59. The first-order valence-electron chi connectivity index (χ1n) is 9.42. The number of nitrogens with one attached hydrogen (secondary N) is 2. The standard InChI is InChI=1S/C22H15F4N5O/c23-18-12-28-19-8-16(11-29-21(18)19)31-20-9-17(7-15(10-27)30-20)32-6-5-13-1-3-14(4-2-13)22(24,25)26/h1-4,7-9,11-12,28H,5-6H2,(H,30,31). The molecule has 0 radical (unpaired) electrons. The van der Waals surface area contributed by atoms with E-state index in [-0.39, 0.29) is 17.8 Å². The van der Waals surface area contributed by atoms with E-state index >= 15 is 0 Å². The van der Waals surface area contributed by atoms with Gasteiger partial charge in [-0.15, -0.1) is 0 Å². The number of hydrogen-bond acceptors (Lipinski definition) is 5. The second-order valence-electron chi connectivity index (χ2n) is 6.86. The fourth-order valence-electron chi connectivity index (χ4n) is 3.05. The topological polar surface area (TPSA) is 86.6 Å². The lowest BCUT2D eigenvalue weighted by Crippen LogP contribution is -2.06.